The van der Waals surface area contributed by atoms with E-state index >= 15 is 0 Å². The highest BCUT2D eigenvalue weighted by Gasteiger charge is 2.23. The van der Waals surface area contributed by atoms with Crippen molar-refractivity contribution >= 4 is 10.0 Å². The Balaban J connectivity index is 2.71. The van der Waals surface area contributed by atoms with E-state index in [1.54, 1.807) is 0 Å². The first-order valence-electron chi connectivity index (χ1n) is 4.04. The second-order valence-electron chi connectivity index (χ2n) is 3.93. The third kappa shape index (κ3) is 2.92. The number of hydrogen-bond donors (Lipinski definition) is 1. The molecule has 2 heteroatoms. The third-order valence-electron chi connectivity index (χ3n) is 1.66. The van der Waals surface area contributed by atoms with Crippen molar-refractivity contribution in [1.29, 1.82) is 0 Å². The summed E-state index contributed by atoms with van der Waals surface area (Å²) in [5, 5.41) is 12.9. The zero-order chi connectivity index (χ0) is 9.24. The second kappa shape index (κ2) is 3.16. The van der Waals surface area contributed by atoms with Gasteiger partial charge in [0.15, 0.2) is 0 Å². The summed E-state index contributed by atoms with van der Waals surface area (Å²) in [7, 11) is -0.805. The Kier molecular flexibility index (Phi) is 2.55. The Hall–Kier alpha value is -0.390. The van der Waals surface area contributed by atoms with Crippen molar-refractivity contribution in [3.05, 3.63) is 12.2 Å². The molecule has 1 N–H and O–H groups in total. The van der Waals surface area contributed by atoms with Gasteiger partial charge >= 0.3 is 0 Å². The van der Waals surface area contributed by atoms with Gasteiger partial charge in [0.05, 0.1) is 0 Å². The first-order chi connectivity index (χ1) is 5.41. The van der Waals surface area contributed by atoms with E-state index in [2.05, 4.69) is 29.9 Å². The molecular weight excluding hydrogens is 168 g/mol. The highest BCUT2D eigenvalue weighted by atomic mass is 32.3. The van der Waals surface area contributed by atoms with Crippen molar-refractivity contribution in [3.63, 3.8) is 0 Å². The van der Waals surface area contributed by atoms with Crippen LogP contribution >= 0.6 is 10.0 Å². The Labute approximate surface area is 76.2 Å². The fourth-order valence-corrected chi connectivity index (χ4v) is 1.49. The molecule has 1 rings (SSSR count). The zero-order valence-electron chi connectivity index (χ0n) is 7.92. The van der Waals surface area contributed by atoms with Crippen LogP contribution in [0, 0.1) is 11.2 Å². The lowest BCUT2D eigenvalue weighted by Crippen LogP contribution is -2.19. The average Bonchev–Trinajstić information content (AvgIpc) is 2.32. The summed E-state index contributed by atoms with van der Waals surface area (Å²) in [4.78, 5) is 0. The van der Waals surface area contributed by atoms with Gasteiger partial charge in [-0.25, -0.2) is 0 Å². The molecule has 0 aromatic heterocycles. The molecule has 0 aromatic carbocycles. The predicted octanol–water partition coefficient (Wildman–Crippen LogP) is 1.72. The summed E-state index contributed by atoms with van der Waals surface area (Å²) in [6.07, 6.45) is 11.9. The van der Waals surface area contributed by atoms with Crippen molar-refractivity contribution in [2.75, 3.05) is 18.8 Å². The minimum atomic E-state index is -0.819. The maximum Gasteiger partial charge on any atom is 0.145 e. The maximum atomic E-state index is 9.81. The first-order valence-corrected chi connectivity index (χ1v) is 6.89. The minimum Gasteiger partial charge on any atom is -0.374 e. The van der Waals surface area contributed by atoms with Crippen LogP contribution in [-0.2, 0) is 0 Å². The Morgan fingerprint density at radius 1 is 1.42 bits per heavy atom. The van der Waals surface area contributed by atoms with E-state index in [0.29, 0.717) is 0 Å². The lowest BCUT2D eigenvalue weighted by molar-refractivity contribution is 0.153. The molecule has 12 heavy (non-hydrogen) atoms. The summed E-state index contributed by atoms with van der Waals surface area (Å²) >= 11 is 0. The van der Waals surface area contributed by atoms with Crippen LogP contribution < -0.4 is 0 Å². The molecular formula is C10H16OS. The molecule has 0 fully saturated rings. The van der Waals surface area contributed by atoms with Crippen molar-refractivity contribution in [1.82, 2.24) is 0 Å². The van der Waals surface area contributed by atoms with E-state index in [1.165, 1.54) is 0 Å². The van der Waals surface area contributed by atoms with Crippen LogP contribution in [0.25, 0.3) is 0 Å². The van der Waals surface area contributed by atoms with Crippen LogP contribution in [-0.4, -0.2) is 29.5 Å². The summed E-state index contributed by atoms with van der Waals surface area (Å²) in [6.45, 7) is 0. The average molecular weight is 184 g/mol. The van der Waals surface area contributed by atoms with Crippen molar-refractivity contribution in [2.24, 2.45) is 0 Å². The van der Waals surface area contributed by atoms with E-state index in [9.17, 15) is 5.11 Å². The lowest BCUT2D eigenvalue weighted by atomic mass is 10.1. The van der Waals surface area contributed by atoms with Gasteiger partial charge in [0, 0.05) is 0 Å². The fourth-order valence-electron chi connectivity index (χ4n) is 1.01. The van der Waals surface area contributed by atoms with Gasteiger partial charge in [0.1, 0.15) is 5.60 Å². The number of allylic oxidation sites excluding steroid dienone is 1. The minimum absolute atomic E-state index is 0.759. The zero-order valence-corrected chi connectivity index (χ0v) is 8.74. The second-order valence-corrected chi connectivity index (χ2v) is 7.81. The SMILES string of the molecule is CS(C)(C)C#CC1(O)C=CCC1. The van der Waals surface area contributed by atoms with Crippen LogP contribution in [0.4, 0.5) is 0 Å². The molecule has 1 aliphatic rings. The maximum absolute atomic E-state index is 9.81. The standard InChI is InChI=1S/C10H16OS/c1-12(2,3)9-8-10(11)6-4-5-7-10/h4,6,11H,5,7H2,1-3H3. The van der Waals surface area contributed by atoms with Gasteiger partial charge in [0.25, 0.3) is 0 Å². The van der Waals surface area contributed by atoms with E-state index < -0.39 is 15.6 Å². The van der Waals surface area contributed by atoms with E-state index in [-0.39, 0.29) is 0 Å². The van der Waals surface area contributed by atoms with Gasteiger partial charge in [-0.05, 0) is 37.7 Å². The monoisotopic (exact) mass is 184 g/mol. The molecule has 68 valence electrons. The first kappa shape index (κ1) is 9.70. The van der Waals surface area contributed by atoms with Gasteiger partial charge in [-0.2, -0.15) is 10.0 Å². The van der Waals surface area contributed by atoms with Gasteiger partial charge in [-0.1, -0.05) is 17.2 Å². The molecule has 0 spiro atoms. The molecule has 0 saturated heterocycles. The van der Waals surface area contributed by atoms with Gasteiger partial charge in [-0.3, -0.25) is 0 Å². The summed E-state index contributed by atoms with van der Waals surface area (Å²) < 4.78 is 0. The molecule has 0 heterocycles. The number of aliphatic hydroxyl groups is 1. The summed E-state index contributed by atoms with van der Waals surface area (Å²) in [6, 6.07) is 0. The molecule has 0 amide bonds. The Morgan fingerprint density at radius 3 is 2.50 bits per heavy atom. The normalized spacial score (nSPS) is 29.7. The van der Waals surface area contributed by atoms with Gasteiger partial charge < -0.3 is 5.11 Å². The number of hydrogen-bond acceptors (Lipinski definition) is 1. The molecule has 1 unspecified atom stereocenters. The van der Waals surface area contributed by atoms with E-state index in [4.69, 9.17) is 0 Å². The van der Waals surface area contributed by atoms with Crippen LogP contribution in [0.3, 0.4) is 0 Å². The summed E-state index contributed by atoms with van der Waals surface area (Å²) in [5.74, 6) is 2.95. The van der Waals surface area contributed by atoms with Crippen LogP contribution in [0.2, 0.25) is 0 Å². The predicted molar refractivity (Wildman–Crippen MR) is 56.5 cm³/mol. The highest BCUT2D eigenvalue weighted by molar-refractivity contribution is 8.35. The molecule has 0 aromatic rings. The van der Waals surface area contributed by atoms with Crippen molar-refractivity contribution in [2.45, 2.75) is 18.4 Å². The quantitative estimate of drug-likeness (QED) is 0.449. The van der Waals surface area contributed by atoms with Crippen molar-refractivity contribution < 1.29 is 5.11 Å². The van der Waals surface area contributed by atoms with Crippen LogP contribution in [0.5, 0.6) is 0 Å². The molecule has 0 aliphatic heterocycles. The molecule has 0 radical (unpaired) electrons. The number of rotatable bonds is 0. The Morgan fingerprint density at radius 2 is 2.08 bits per heavy atom. The smallest absolute Gasteiger partial charge is 0.145 e. The highest BCUT2D eigenvalue weighted by Crippen LogP contribution is 2.33. The largest absolute Gasteiger partial charge is 0.374 e. The molecule has 0 saturated carbocycles. The van der Waals surface area contributed by atoms with Gasteiger partial charge in [0.2, 0.25) is 0 Å². The van der Waals surface area contributed by atoms with Crippen LogP contribution in [0.1, 0.15) is 12.8 Å². The topological polar surface area (TPSA) is 20.2 Å². The third-order valence-corrected chi connectivity index (χ3v) is 2.37. The molecule has 1 aliphatic carbocycles. The fraction of sp³-hybridized carbons (Fsp3) is 0.600. The molecule has 0 bridgehead atoms. The summed E-state index contributed by atoms with van der Waals surface area (Å²) in [5.41, 5.74) is -0.819. The lowest BCUT2D eigenvalue weighted by Gasteiger charge is -2.18. The van der Waals surface area contributed by atoms with E-state index in [0.717, 1.165) is 12.8 Å². The van der Waals surface area contributed by atoms with Crippen molar-refractivity contribution in [3.8, 4) is 11.2 Å². The molecule has 1 atom stereocenters. The molecule has 1 nitrogen and oxygen atoms in total. The Bertz CT molecular complexity index is 251. The van der Waals surface area contributed by atoms with Crippen LogP contribution in [0.15, 0.2) is 12.2 Å². The van der Waals surface area contributed by atoms with E-state index in [1.807, 2.05) is 12.2 Å². The van der Waals surface area contributed by atoms with Gasteiger partial charge in [-0.15, -0.1) is 0 Å².